The Kier molecular flexibility index (Phi) is 12.0. The van der Waals surface area contributed by atoms with Gasteiger partial charge >= 0.3 is 6.09 Å². The summed E-state index contributed by atoms with van der Waals surface area (Å²) in [6.07, 6.45) is 2.93. The fraction of sp³-hybridized carbons (Fsp3) is 0.517. The highest BCUT2D eigenvalue weighted by atomic mass is 16.6. The van der Waals surface area contributed by atoms with Gasteiger partial charge in [0, 0.05) is 37.3 Å². The minimum absolute atomic E-state index is 0.0154. The second-order valence-electron chi connectivity index (χ2n) is 10.1. The molecule has 0 aromatic heterocycles. The molecule has 11 nitrogen and oxygen atoms in total. The van der Waals surface area contributed by atoms with Crippen LogP contribution < -0.4 is 15.8 Å². The van der Waals surface area contributed by atoms with Crippen LogP contribution in [0.4, 0.5) is 10.5 Å². The van der Waals surface area contributed by atoms with Crippen LogP contribution in [-0.4, -0.2) is 73.1 Å². The van der Waals surface area contributed by atoms with Crippen LogP contribution in [0.2, 0.25) is 0 Å². The number of carbonyl (C=O) groups is 2. The van der Waals surface area contributed by atoms with Crippen LogP contribution in [0.25, 0.3) is 0 Å². The van der Waals surface area contributed by atoms with Crippen molar-refractivity contribution < 1.29 is 43.9 Å². The van der Waals surface area contributed by atoms with Crippen molar-refractivity contribution in [3.63, 3.8) is 0 Å². The lowest BCUT2D eigenvalue weighted by molar-refractivity contribution is -0.112. The van der Waals surface area contributed by atoms with Crippen molar-refractivity contribution in [3.8, 4) is 17.2 Å². The lowest BCUT2D eigenvalue weighted by atomic mass is 9.88. The van der Waals surface area contributed by atoms with Crippen LogP contribution >= 0.6 is 0 Å². The molecule has 0 radical (unpaired) electrons. The van der Waals surface area contributed by atoms with Crippen LogP contribution in [0.1, 0.15) is 39.7 Å². The lowest BCUT2D eigenvalue weighted by Gasteiger charge is -2.29. The molecule has 0 unspecified atom stereocenters. The maximum atomic E-state index is 12.9. The van der Waals surface area contributed by atoms with Crippen molar-refractivity contribution in [2.75, 3.05) is 26.6 Å². The van der Waals surface area contributed by atoms with E-state index in [1.165, 1.54) is 33.5 Å². The molecule has 40 heavy (non-hydrogen) atoms. The largest absolute Gasteiger partial charge is 0.505 e. The van der Waals surface area contributed by atoms with E-state index >= 15 is 0 Å². The van der Waals surface area contributed by atoms with Crippen molar-refractivity contribution in [3.05, 3.63) is 47.1 Å². The molecule has 0 spiro atoms. The molecular formula is C29H42N2O9. The topological polar surface area (TPSA) is 170 Å². The Labute approximate surface area is 235 Å². The van der Waals surface area contributed by atoms with E-state index in [2.05, 4.69) is 5.32 Å². The smallest absolute Gasteiger partial charge is 0.405 e. The molecule has 1 aromatic carbocycles. The number of hydrogen-bond acceptors (Lipinski definition) is 9. The summed E-state index contributed by atoms with van der Waals surface area (Å²) >= 11 is 0. The third-order valence-electron chi connectivity index (χ3n) is 6.98. The number of rotatable bonds is 4. The van der Waals surface area contributed by atoms with Crippen LogP contribution in [0.15, 0.2) is 41.5 Å². The molecule has 0 saturated heterocycles. The number of ether oxygens (including phenoxy) is 4. The van der Waals surface area contributed by atoms with Crippen LogP contribution in [0, 0.1) is 11.8 Å². The maximum absolute atomic E-state index is 12.9. The summed E-state index contributed by atoms with van der Waals surface area (Å²) in [7, 11) is 4.32. The summed E-state index contributed by atoms with van der Waals surface area (Å²) in [6, 6.07) is 1.22. The first-order chi connectivity index (χ1) is 18.8. The number of aliphatic hydroxyl groups excluding tert-OH is 1. The number of nitrogens with one attached hydrogen (secondary N) is 1. The van der Waals surface area contributed by atoms with Crippen LogP contribution in [0.5, 0.6) is 17.2 Å². The molecule has 2 amide bonds. The molecule has 2 bridgehead atoms. The third-order valence-corrected chi connectivity index (χ3v) is 6.98. The van der Waals surface area contributed by atoms with Gasteiger partial charge in [0.1, 0.15) is 11.9 Å². The fourth-order valence-electron chi connectivity index (χ4n) is 4.81. The number of primary amides is 1. The number of aromatic hydroxyl groups is 2. The standard InChI is InChI=1S/C29H42N2O9/c1-15-11-19-25(34)20(14-21(32)27(19)39-7)31-28(35)16(2)9-8-10-22(37-5)26(40-29(30)36)18(4)13-17(3)24(33)23(12-15)38-6/h8-10,13-15,17,22-24,26,32-34H,11-12H2,1-7H3,(H2,30,36)(H,31,35)/t15-,17+,22+,23+,24-,26+/m1/s1. The number of allylic oxidation sites excluding steroid dienone is 2. The first-order valence-corrected chi connectivity index (χ1v) is 13.0. The molecule has 6 atom stereocenters. The Bertz CT molecular complexity index is 1140. The molecule has 222 valence electrons. The Morgan fingerprint density at radius 3 is 2.38 bits per heavy atom. The first-order valence-electron chi connectivity index (χ1n) is 13.0. The number of phenolic OH excluding ortho intramolecular Hbond substituents is 2. The predicted molar refractivity (Wildman–Crippen MR) is 150 cm³/mol. The van der Waals surface area contributed by atoms with E-state index in [4.69, 9.17) is 24.7 Å². The third kappa shape index (κ3) is 8.23. The van der Waals surface area contributed by atoms with E-state index in [1.54, 1.807) is 32.1 Å². The molecule has 0 saturated carbocycles. The molecule has 0 fully saturated rings. The van der Waals surface area contributed by atoms with Crippen molar-refractivity contribution in [2.45, 2.75) is 65.0 Å². The highest BCUT2D eigenvalue weighted by molar-refractivity contribution is 6.04. The van der Waals surface area contributed by atoms with Crippen molar-refractivity contribution in [2.24, 2.45) is 17.6 Å². The number of benzene rings is 1. The number of anilines is 1. The van der Waals surface area contributed by atoms with Gasteiger partial charge in [0.05, 0.1) is 25.0 Å². The Balaban J connectivity index is 2.65. The number of amides is 2. The van der Waals surface area contributed by atoms with E-state index in [9.17, 15) is 24.9 Å². The van der Waals surface area contributed by atoms with Crippen molar-refractivity contribution in [1.82, 2.24) is 0 Å². The van der Waals surface area contributed by atoms with Gasteiger partial charge in [-0.25, -0.2) is 4.79 Å². The van der Waals surface area contributed by atoms with Gasteiger partial charge in [-0.05, 0) is 38.2 Å². The van der Waals surface area contributed by atoms with Gasteiger partial charge < -0.3 is 45.3 Å². The quantitative estimate of drug-likeness (QED) is 0.209. The van der Waals surface area contributed by atoms with Gasteiger partial charge in [0.2, 0.25) is 0 Å². The second kappa shape index (κ2) is 14.7. The van der Waals surface area contributed by atoms with Crippen LogP contribution in [0.3, 0.4) is 0 Å². The first kappa shape index (κ1) is 32.7. The normalized spacial score (nSPS) is 26.9. The molecule has 2 rings (SSSR count). The maximum Gasteiger partial charge on any atom is 0.405 e. The lowest BCUT2D eigenvalue weighted by Crippen LogP contribution is -2.37. The Morgan fingerprint density at radius 1 is 1.12 bits per heavy atom. The molecule has 6 N–H and O–H groups in total. The zero-order valence-electron chi connectivity index (χ0n) is 24.1. The minimum Gasteiger partial charge on any atom is -0.505 e. The van der Waals surface area contributed by atoms with E-state index in [0.29, 0.717) is 17.6 Å². The van der Waals surface area contributed by atoms with E-state index in [-0.39, 0.29) is 40.8 Å². The number of methoxy groups -OCH3 is 3. The molecule has 1 aliphatic rings. The molecule has 1 aromatic rings. The SMILES string of the molecule is COc1c(O)cc2c(O)c1C[C@@H](C)C[C@H](OC)[C@H](O)[C@@H](C)C=C(C)[C@H](OC(N)=O)[C@@H](OC)C=CC=C(C)C(=O)N2. The number of carbonyl (C=O) groups excluding carboxylic acids is 2. The number of aliphatic hydroxyl groups is 1. The second-order valence-corrected chi connectivity index (χ2v) is 10.1. The van der Waals surface area contributed by atoms with E-state index < -0.39 is 42.3 Å². The summed E-state index contributed by atoms with van der Waals surface area (Å²) in [5, 5.41) is 35.4. The van der Waals surface area contributed by atoms with E-state index in [1.807, 2.05) is 13.8 Å². The van der Waals surface area contributed by atoms with E-state index in [0.717, 1.165) is 0 Å². The fourth-order valence-corrected chi connectivity index (χ4v) is 4.81. The van der Waals surface area contributed by atoms with Crippen LogP contribution in [-0.2, 0) is 25.4 Å². The Morgan fingerprint density at radius 2 is 1.80 bits per heavy atom. The summed E-state index contributed by atoms with van der Waals surface area (Å²) in [4.78, 5) is 24.6. The minimum atomic E-state index is -0.991. The Hall–Kier alpha value is -3.54. The number of nitrogens with two attached hydrogens (primary N) is 1. The summed E-state index contributed by atoms with van der Waals surface area (Å²) in [5.41, 5.74) is 6.54. The number of fused-ring (bicyclic) bond motifs is 2. The van der Waals surface area contributed by atoms with Gasteiger partial charge in [0.25, 0.3) is 5.91 Å². The van der Waals surface area contributed by atoms with Crippen molar-refractivity contribution >= 4 is 17.7 Å². The zero-order valence-corrected chi connectivity index (χ0v) is 24.1. The molecule has 11 heteroatoms. The zero-order chi connectivity index (χ0) is 30.1. The van der Waals surface area contributed by atoms with Gasteiger partial charge in [-0.15, -0.1) is 0 Å². The monoisotopic (exact) mass is 562 g/mol. The molecule has 1 heterocycles. The van der Waals surface area contributed by atoms with Gasteiger partial charge in [-0.1, -0.05) is 38.2 Å². The van der Waals surface area contributed by atoms with Gasteiger partial charge in [-0.3, -0.25) is 4.79 Å². The molecule has 0 aliphatic carbocycles. The average Bonchev–Trinajstić information content (AvgIpc) is 2.90. The number of hydrogen-bond donors (Lipinski definition) is 5. The van der Waals surface area contributed by atoms with Gasteiger partial charge in [0.15, 0.2) is 17.6 Å². The summed E-state index contributed by atoms with van der Waals surface area (Å²) < 4.78 is 21.9. The summed E-state index contributed by atoms with van der Waals surface area (Å²) in [6.45, 7) is 7.04. The highest BCUT2D eigenvalue weighted by Gasteiger charge is 2.30. The molecular weight excluding hydrogens is 520 g/mol. The van der Waals surface area contributed by atoms with Crippen molar-refractivity contribution in [1.29, 1.82) is 0 Å². The predicted octanol–water partition coefficient (Wildman–Crippen LogP) is 3.57. The highest BCUT2D eigenvalue weighted by Crippen LogP contribution is 2.43. The number of phenols is 2. The molecule has 1 aliphatic heterocycles. The average molecular weight is 563 g/mol. The summed E-state index contributed by atoms with van der Waals surface area (Å²) in [5.74, 6) is -1.48. The van der Waals surface area contributed by atoms with Gasteiger partial charge in [-0.2, -0.15) is 0 Å².